The average Bonchev–Trinajstić information content (AvgIpc) is 2.68. The van der Waals surface area contributed by atoms with E-state index in [0.717, 1.165) is 19.5 Å². The van der Waals surface area contributed by atoms with E-state index in [4.69, 9.17) is 0 Å². The molecule has 0 radical (unpaired) electrons. The lowest BCUT2D eigenvalue weighted by molar-refractivity contribution is 0.818. The van der Waals surface area contributed by atoms with Gasteiger partial charge in [0.2, 0.25) is 0 Å². The van der Waals surface area contributed by atoms with Gasteiger partial charge in [-0.3, -0.25) is 0 Å². The van der Waals surface area contributed by atoms with Crippen LogP contribution in [-0.4, -0.2) is 27.4 Å². The lowest BCUT2D eigenvalue weighted by Gasteiger charge is -1.95. The minimum atomic E-state index is 0.903. The molecule has 0 atom stereocenters. The van der Waals surface area contributed by atoms with Crippen LogP contribution in [0.4, 0.5) is 0 Å². The van der Waals surface area contributed by atoms with E-state index in [9.17, 15) is 0 Å². The molecule has 0 aliphatic heterocycles. The molecule has 3 heteroatoms. The van der Waals surface area contributed by atoms with E-state index in [1.807, 2.05) is 57.3 Å². The Labute approximate surface area is 156 Å². The van der Waals surface area contributed by atoms with Crippen molar-refractivity contribution in [2.75, 3.05) is 20.6 Å². The largest absolute Gasteiger partial charge is 0.333 e. The van der Waals surface area contributed by atoms with Gasteiger partial charge in [0, 0.05) is 13.1 Å². The highest BCUT2D eigenvalue weighted by molar-refractivity contribution is 5.22. The SMILES string of the molecule is C=NCCC.CC.CN.CNCc1ccccc1.Cc1ccccc1. The van der Waals surface area contributed by atoms with E-state index >= 15 is 0 Å². The molecule has 0 fully saturated rings. The number of benzene rings is 2. The summed E-state index contributed by atoms with van der Waals surface area (Å²) in [7, 11) is 3.45. The number of aliphatic imine (C=N–C) groups is 1. The number of nitrogens with one attached hydrogen (secondary N) is 1. The molecule has 0 aliphatic carbocycles. The van der Waals surface area contributed by atoms with Gasteiger partial charge < -0.3 is 16.0 Å². The Morgan fingerprint density at radius 1 is 0.920 bits per heavy atom. The quantitative estimate of drug-likeness (QED) is 0.757. The van der Waals surface area contributed by atoms with E-state index in [2.05, 4.69) is 60.9 Å². The summed E-state index contributed by atoms with van der Waals surface area (Å²) < 4.78 is 0. The highest BCUT2D eigenvalue weighted by Crippen LogP contribution is 1.95. The molecular weight excluding hydrogens is 306 g/mol. The van der Waals surface area contributed by atoms with Gasteiger partial charge in [-0.15, -0.1) is 0 Å². The number of aryl methyl sites for hydroxylation is 1. The molecule has 0 aromatic heterocycles. The maximum Gasteiger partial charge on any atom is 0.0379 e. The van der Waals surface area contributed by atoms with Crippen molar-refractivity contribution in [2.24, 2.45) is 10.7 Å². The summed E-state index contributed by atoms with van der Waals surface area (Å²) in [5, 5.41) is 3.08. The van der Waals surface area contributed by atoms with Crippen molar-refractivity contribution in [3.63, 3.8) is 0 Å². The third-order valence-corrected chi connectivity index (χ3v) is 2.55. The molecule has 0 spiro atoms. The monoisotopic (exact) mass is 345 g/mol. The zero-order valence-corrected chi connectivity index (χ0v) is 17.1. The second-order valence-corrected chi connectivity index (χ2v) is 4.62. The maximum absolute atomic E-state index is 4.50. The standard InChI is InChI=1S/C8H11N.C7H8.C4H9N.C2H6.CH5N/c1-9-7-8-5-3-2-4-6-8;1-7-5-3-2-4-6-7;1-3-4-5-2;2*1-2/h2-6,9H,7H2,1H3;2-6H,1H3;2-4H2,1H3;1-2H3;2H2,1H3. The zero-order chi connectivity index (χ0) is 19.8. The summed E-state index contributed by atoms with van der Waals surface area (Å²) in [4.78, 5) is 3.60. The van der Waals surface area contributed by atoms with Crippen LogP contribution in [0, 0.1) is 6.92 Å². The molecule has 2 aromatic rings. The van der Waals surface area contributed by atoms with E-state index in [0.29, 0.717) is 0 Å². The average molecular weight is 346 g/mol. The summed E-state index contributed by atoms with van der Waals surface area (Å²) in [6.07, 6.45) is 1.11. The number of nitrogens with zero attached hydrogens (tertiary/aromatic N) is 1. The lowest BCUT2D eigenvalue weighted by atomic mass is 10.2. The minimum Gasteiger partial charge on any atom is -0.333 e. The molecule has 2 aromatic carbocycles. The highest BCUT2D eigenvalue weighted by atomic mass is 14.8. The summed E-state index contributed by atoms with van der Waals surface area (Å²) in [6.45, 7) is 13.3. The van der Waals surface area contributed by atoms with Crippen LogP contribution in [0.25, 0.3) is 0 Å². The minimum absolute atomic E-state index is 0.903. The third kappa shape index (κ3) is 24.4. The topological polar surface area (TPSA) is 50.4 Å². The second-order valence-electron chi connectivity index (χ2n) is 4.62. The maximum atomic E-state index is 4.50. The van der Waals surface area contributed by atoms with Crippen molar-refractivity contribution >= 4 is 6.72 Å². The highest BCUT2D eigenvalue weighted by Gasteiger charge is 1.83. The van der Waals surface area contributed by atoms with Crippen LogP contribution < -0.4 is 11.1 Å². The van der Waals surface area contributed by atoms with Gasteiger partial charge in [-0.25, -0.2) is 0 Å². The molecule has 0 bridgehead atoms. The Bertz CT molecular complexity index is 441. The van der Waals surface area contributed by atoms with Crippen molar-refractivity contribution in [3.8, 4) is 0 Å². The summed E-state index contributed by atoms with van der Waals surface area (Å²) in [6, 6.07) is 20.6. The first kappa shape index (κ1) is 27.9. The van der Waals surface area contributed by atoms with Crippen LogP contribution in [0.15, 0.2) is 65.7 Å². The Morgan fingerprint density at radius 3 is 1.60 bits per heavy atom. The molecule has 3 nitrogen and oxygen atoms in total. The molecule has 0 unspecified atom stereocenters. The molecule has 142 valence electrons. The fourth-order valence-corrected chi connectivity index (χ4v) is 1.49. The van der Waals surface area contributed by atoms with Gasteiger partial charge in [0.25, 0.3) is 0 Å². The molecule has 25 heavy (non-hydrogen) atoms. The van der Waals surface area contributed by atoms with E-state index in [1.54, 1.807) is 0 Å². The first-order valence-electron chi connectivity index (χ1n) is 8.95. The van der Waals surface area contributed by atoms with Crippen molar-refractivity contribution in [2.45, 2.75) is 40.7 Å². The van der Waals surface area contributed by atoms with Gasteiger partial charge in [-0.05, 0) is 39.7 Å². The van der Waals surface area contributed by atoms with Crippen LogP contribution in [0.5, 0.6) is 0 Å². The smallest absolute Gasteiger partial charge is 0.0379 e. The number of hydrogen-bond acceptors (Lipinski definition) is 3. The van der Waals surface area contributed by atoms with Crippen molar-refractivity contribution in [1.29, 1.82) is 0 Å². The molecule has 0 saturated carbocycles. The summed E-state index contributed by atoms with van der Waals surface area (Å²) >= 11 is 0. The fourth-order valence-electron chi connectivity index (χ4n) is 1.49. The lowest BCUT2D eigenvalue weighted by Crippen LogP contribution is -2.04. The predicted molar refractivity (Wildman–Crippen MR) is 117 cm³/mol. The molecule has 0 heterocycles. The Balaban J connectivity index is -0.000000272. The van der Waals surface area contributed by atoms with E-state index in [-0.39, 0.29) is 0 Å². The normalized spacial score (nSPS) is 7.80. The fraction of sp³-hybridized carbons (Fsp3) is 0.409. The van der Waals surface area contributed by atoms with Crippen molar-refractivity contribution in [3.05, 3.63) is 71.8 Å². The third-order valence-electron chi connectivity index (χ3n) is 2.55. The van der Waals surface area contributed by atoms with E-state index in [1.165, 1.54) is 18.2 Å². The molecule has 0 saturated heterocycles. The number of hydrogen-bond donors (Lipinski definition) is 2. The van der Waals surface area contributed by atoms with E-state index < -0.39 is 0 Å². The van der Waals surface area contributed by atoms with Crippen LogP contribution >= 0.6 is 0 Å². The predicted octanol–water partition coefficient (Wildman–Crippen LogP) is 5.10. The van der Waals surface area contributed by atoms with Crippen LogP contribution in [0.3, 0.4) is 0 Å². The Hall–Kier alpha value is -1.97. The van der Waals surface area contributed by atoms with Gasteiger partial charge in [0.05, 0.1) is 0 Å². The Morgan fingerprint density at radius 2 is 1.36 bits per heavy atom. The van der Waals surface area contributed by atoms with Gasteiger partial charge in [-0.2, -0.15) is 0 Å². The summed E-state index contributed by atoms with van der Waals surface area (Å²) in [5.74, 6) is 0. The zero-order valence-electron chi connectivity index (χ0n) is 17.1. The van der Waals surface area contributed by atoms with Gasteiger partial charge in [0.15, 0.2) is 0 Å². The molecule has 0 amide bonds. The summed E-state index contributed by atoms with van der Waals surface area (Å²) in [5.41, 5.74) is 7.16. The first-order chi connectivity index (χ1) is 12.2. The van der Waals surface area contributed by atoms with Gasteiger partial charge >= 0.3 is 0 Å². The second kappa shape index (κ2) is 26.9. The van der Waals surface area contributed by atoms with Gasteiger partial charge in [-0.1, -0.05) is 87.0 Å². The molecule has 2 rings (SSSR count). The Kier molecular flexibility index (Phi) is 30.0. The molecule has 3 N–H and O–H groups in total. The van der Waals surface area contributed by atoms with Crippen molar-refractivity contribution < 1.29 is 0 Å². The number of nitrogens with two attached hydrogens (primary N) is 1. The van der Waals surface area contributed by atoms with Crippen molar-refractivity contribution in [1.82, 2.24) is 5.32 Å². The van der Waals surface area contributed by atoms with Gasteiger partial charge in [0.1, 0.15) is 0 Å². The molecule has 0 aliphatic rings. The van der Waals surface area contributed by atoms with Crippen LogP contribution in [-0.2, 0) is 6.54 Å². The van der Waals surface area contributed by atoms with Crippen LogP contribution in [0.1, 0.15) is 38.3 Å². The molecular formula is C22H39N3. The van der Waals surface area contributed by atoms with Crippen LogP contribution in [0.2, 0.25) is 0 Å². The number of rotatable bonds is 4. The first-order valence-corrected chi connectivity index (χ1v) is 8.95.